The number of hydrogen-bond donors (Lipinski definition) is 0. The average Bonchev–Trinajstić information content (AvgIpc) is 2.58. The molecule has 1 rings (SSSR count). The number of benzene rings is 1. The summed E-state index contributed by atoms with van der Waals surface area (Å²) in [6.07, 6.45) is 1.04. The third-order valence-corrected chi connectivity index (χ3v) is 6.48. The normalized spacial score (nSPS) is 16.2. The Balaban J connectivity index is 2.53. The molecule has 0 aromatic heterocycles. The van der Waals surface area contributed by atoms with Crippen LogP contribution in [-0.4, -0.2) is 22.9 Å². The lowest BCUT2D eigenvalue weighted by Gasteiger charge is -2.24. The minimum Gasteiger partial charge on any atom is -0.466 e. The van der Waals surface area contributed by atoms with Crippen molar-refractivity contribution in [3.8, 4) is 0 Å². The molecule has 2 atom stereocenters. The fraction of sp³-hybridized carbons (Fsp3) is 0.588. The Morgan fingerprint density at radius 2 is 1.67 bits per heavy atom. The first-order chi connectivity index (χ1) is 11.4. The van der Waals surface area contributed by atoms with Gasteiger partial charge in [-0.3, -0.25) is 4.57 Å². The molecule has 0 heterocycles. The summed E-state index contributed by atoms with van der Waals surface area (Å²) in [5.74, 6) is 0.711. The quantitative estimate of drug-likeness (QED) is 0.360. The highest BCUT2D eigenvalue weighted by Gasteiger charge is 2.30. The van der Waals surface area contributed by atoms with Gasteiger partial charge in [-0.15, -0.1) is 0 Å². The second kappa shape index (κ2) is 11.3. The van der Waals surface area contributed by atoms with Crippen LogP contribution in [-0.2, 0) is 24.1 Å². The lowest BCUT2D eigenvalue weighted by Crippen LogP contribution is -2.15. The summed E-state index contributed by atoms with van der Waals surface area (Å²) in [6.45, 7) is 7.68. The number of ether oxygens (including phenoxy) is 1. The maximum absolute atomic E-state index is 12.9. The molecule has 0 N–H and O–H groups in total. The van der Waals surface area contributed by atoms with Crippen LogP contribution in [0.5, 0.6) is 0 Å². The molecule has 7 heteroatoms. The Kier molecular flexibility index (Phi) is 10.2. The first-order valence-electron chi connectivity index (χ1n) is 8.17. The number of hydrogen-bond acceptors (Lipinski definition) is 6. The standard InChI is InChI=1S/C17H27O4PS2/c1-5-14(3)20-22(18,21-15(4)6-2)13-19-17(23)24-12-16-10-8-7-9-11-16/h7-11,14-15H,5-6,12-13H2,1-4H3. The fourth-order valence-electron chi connectivity index (χ4n) is 1.67. The van der Waals surface area contributed by atoms with Gasteiger partial charge in [0.15, 0.2) is 6.35 Å². The third kappa shape index (κ3) is 8.63. The Hall–Kier alpha value is -0.390. The van der Waals surface area contributed by atoms with E-state index >= 15 is 0 Å². The molecular formula is C17H27O4PS2. The van der Waals surface area contributed by atoms with Crippen LogP contribution in [0.3, 0.4) is 0 Å². The fourth-order valence-corrected chi connectivity index (χ4v) is 4.56. The van der Waals surface area contributed by atoms with Gasteiger partial charge in [0.1, 0.15) is 0 Å². The summed E-state index contributed by atoms with van der Waals surface area (Å²) in [4.78, 5) is 0. The van der Waals surface area contributed by atoms with Gasteiger partial charge in [-0.05, 0) is 44.5 Å². The van der Waals surface area contributed by atoms with Gasteiger partial charge >= 0.3 is 7.60 Å². The Morgan fingerprint density at radius 1 is 1.12 bits per heavy atom. The predicted octanol–water partition coefficient (Wildman–Crippen LogP) is 6.00. The Morgan fingerprint density at radius 3 is 2.17 bits per heavy atom. The molecule has 24 heavy (non-hydrogen) atoms. The second-order valence-corrected chi connectivity index (χ2v) is 9.04. The zero-order chi connectivity index (χ0) is 18.0. The van der Waals surface area contributed by atoms with Crippen LogP contribution in [0.4, 0.5) is 0 Å². The lowest BCUT2D eigenvalue weighted by atomic mass is 10.2. The monoisotopic (exact) mass is 390 g/mol. The zero-order valence-corrected chi connectivity index (χ0v) is 17.3. The molecule has 0 radical (unpaired) electrons. The molecule has 0 fully saturated rings. The van der Waals surface area contributed by atoms with Crippen LogP contribution < -0.4 is 0 Å². The topological polar surface area (TPSA) is 44.8 Å². The summed E-state index contributed by atoms with van der Waals surface area (Å²) in [6, 6.07) is 9.98. The Bertz CT molecular complexity index is 523. The van der Waals surface area contributed by atoms with Crippen molar-refractivity contribution in [3.05, 3.63) is 35.9 Å². The molecule has 0 spiro atoms. The molecule has 136 valence electrons. The summed E-state index contributed by atoms with van der Waals surface area (Å²) >= 11 is 6.61. The molecule has 0 bridgehead atoms. The molecule has 0 aliphatic rings. The summed E-state index contributed by atoms with van der Waals surface area (Å²) in [5.41, 5.74) is 1.16. The molecule has 1 aromatic rings. The third-order valence-electron chi connectivity index (χ3n) is 3.37. The highest BCUT2D eigenvalue weighted by atomic mass is 32.2. The van der Waals surface area contributed by atoms with Crippen LogP contribution in [0.15, 0.2) is 30.3 Å². The maximum atomic E-state index is 12.9. The maximum Gasteiger partial charge on any atom is 0.368 e. The predicted molar refractivity (Wildman–Crippen MR) is 106 cm³/mol. The van der Waals surface area contributed by atoms with Crippen LogP contribution >= 0.6 is 31.6 Å². The highest BCUT2D eigenvalue weighted by Crippen LogP contribution is 2.51. The summed E-state index contributed by atoms with van der Waals surface area (Å²) < 4.78 is 30.0. The molecular weight excluding hydrogens is 363 g/mol. The van der Waals surface area contributed by atoms with E-state index in [0.717, 1.165) is 18.4 Å². The lowest BCUT2D eigenvalue weighted by molar-refractivity contribution is 0.112. The number of thioether (sulfide) groups is 1. The van der Waals surface area contributed by atoms with E-state index in [4.69, 9.17) is 26.0 Å². The summed E-state index contributed by atoms with van der Waals surface area (Å²) in [5, 5.41) is 0. The highest BCUT2D eigenvalue weighted by molar-refractivity contribution is 8.22. The SMILES string of the molecule is CCC(C)OP(=O)(COC(=S)SCc1ccccc1)OC(C)CC. The average molecular weight is 391 g/mol. The van der Waals surface area contributed by atoms with Crippen LogP contribution in [0, 0.1) is 0 Å². The largest absolute Gasteiger partial charge is 0.466 e. The molecule has 0 amide bonds. The van der Waals surface area contributed by atoms with Gasteiger partial charge in [-0.25, -0.2) is 0 Å². The van der Waals surface area contributed by atoms with Crippen molar-refractivity contribution in [2.75, 3.05) is 6.35 Å². The molecule has 0 aliphatic carbocycles. The van der Waals surface area contributed by atoms with Crippen LogP contribution in [0.2, 0.25) is 0 Å². The van der Waals surface area contributed by atoms with Gasteiger partial charge in [-0.1, -0.05) is 55.9 Å². The molecule has 2 unspecified atom stereocenters. The first kappa shape index (κ1) is 21.7. The van der Waals surface area contributed by atoms with E-state index in [1.54, 1.807) is 0 Å². The minimum atomic E-state index is -3.34. The number of rotatable bonds is 10. The van der Waals surface area contributed by atoms with E-state index in [2.05, 4.69) is 0 Å². The van der Waals surface area contributed by atoms with Crippen LogP contribution in [0.1, 0.15) is 46.1 Å². The number of thiocarbonyl (C=S) groups is 1. The van der Waals surface area contributed by atoms with E-state index in [1.807, 2.05) is 58.0 Å². The van der Waals surface area contributed by atoms with E-state index in [0.29, 0.717) is 10.1 Å². The van der Waals surface area contributed by atoms with Gasteiger partial charge in [-0.2, -0.15) is 0 Å². The van der Waals surface area contributed by atoms with E-state index in [-0.39, 0.29) is 18.6 Å². The molecule has 0 saturated heterocycles. The van der Waals surface area contributed by atoms with Crippen molar-refractivity contribution in [2.45, 2.75) is 58.5 Å². The van der Waals surface area contributed by atoms with Gasteiger partial charge in [0.2, 0.25) is 4.38 Å². The van der Waals surface area contributed by atoms with Crippen molar-refractivity contribution in [1.29, 1.82) is 0 Å². The van der Waals surface area contributed by atoms with E-state index in [1.165, 1.54) is 11.8 Å². The second-order valence-electron chi connectivity index (χ2n) is 5.56. The molecule has 4 nitrogen and oxygen atoms in total. The van der Waals surface area contributed by atoms with E-state index in [9.17, 15) is 4.57 Å². The van der Waals surface area contributed by atoms with Crippen molar-refractivity contribution in [2.24, 2.45) is 0 Å². The minimum absolute atomic E-state index is 0.150. The van der Waals surface area contributed by atoms with Gasteiger partial charge in [0, 0.05) is 5.75 Å². The van der Waals surface area contributed by atoms with Crippen LogP contribution in [0.25, 0.3) is 0 Å². The Labute approximate surface area is 155 Å². The van der Waals surface area contributed by atoms with Gasteiger partial charge < -0.3 is 13.8 Å². The van der Waals surface area contributed by atoms with Crippen molar-refractivity contribution in [1.82, 2.24) is 0 Å². The smallest absolute Gasteiger partial charge is 0.368 e. The van der Waals surface area contributed by atoms with Gasteiger partial charge in [0.05, 0.1) is 12.2 Å². The summed E-state index contributed by atoms with van der Waals surface area (Å²) in [7, 11) is -3.34. The molecule has 0 saturated carbocycles. The molecule has 1 aromatic carbocycles. The molecule has 0 aliphatic heterocycles. The first-order valence-corrected chi connectivity index (χ1v) is 11.3. The van der Waals surface area contributed by atoms with Crippen molar-refractivity contribution in [3.63, 3.8) is 0 Å². The van der Waals surface area contributed by atoms with E-state index < -0.39 is 7.60 Å². The zero-order valence-electron chi connectivity index (χ0n) is 14.8. The van der Waals surface area contributed by atoms with Gasteiger partial charge in [0.25, 0.3) is 0 Å². The van der Waals surface area contributed by atoms with Crippen molar-refractivity contribution >= 4 is 36.0 Å². The van der Waals surface area contributed by atoms with Crippen molar-refractivity contribution < 1.29 is 18.3 Å².